The molecule has 1 saturated heterocycles. The normalized spacial score (nSPS) is 19.8. The second-order valence-corrected chi connectivity index (χ2v) is 8.76. The molecule has 0 bridgehead atoms. The number of benzene rings is 3. The quantitative estimate of drug-likeness (QED) is 0.398. The fraction of sp³-hybridized carbons (Fsp3) is 0.160. The number of nitrogens with zero attached hydrogens (tertiary/aromatic N) is 2. The summed E-state index contributed by atoms with van der Waals surface area (Å²) in [6, 6.07) is 18.2. The van der Waals surface area contributed by atoms with Gasteiger partial charge in [-0.25, -0.2) is 0 Å². The molecule has 32 heavy (non-hydrogen) atoms. The van der Waals surface area contributed by atoms with Crippen molar-refractivity contribution in [2.45, 2.75) is 19.0 Å². The minimum absolute atomic E-state index is 0.310. The highest BCUT2D eigenvalue weighted by Gasteiger charge is 2.58. The first-order valence-electron chi connectivity index (χ1n) is 10.1. The summed E-state index contributed by atoms with van der Waals surface area (Å²) in [5.41, 5.74) is 3.11. The molecule has 0 saturated carbocycles. The number of anilines is 1. The number of fused-ring (bicyclic) bond motifs is 1. The van der Waals surface area contributed by atoms with Crippen molar-refractivity contribution in [1.82, 2.24) is 4.90 Å². The average Bonchev–Trinajstić information content (AvgIpc) is 3.04. The molecule has 3 amide bonds. The Kier molecular flexibility index (Phi) is 4.86. The smallest absolute Gasteiger partial charge is 0.262 e. The van der Waals surface area contributed by atoms with E-state index in [0.717, 1.165) is 14.9 Å². The van der Waals surface area contributed by atoms with Crippen LogP contribution >= 0.6 is 15.9 Å². The molecule has 3 aromatic rings. The molecule has 0 aliphatic carbocycles. The van der Waals surface area contributed by atoms with E-state index in [4.69, 9.17) is 4.74 Å². The van der Waals surface area contributed by atoms with Gasteiger partial charge >= 0.3 is 0 Å². The highest BCUT2D eigenvalue weighted by molar-refractivity contribution is 9.10. The summed E-state index contributed by atoms with van der Waals surface area (Å²) in [5.74, 6) is -0.641. The Labute approximate surface area is 193 Å². The Balaban J connectivity index is 1.64. The molecule has 0 unspecified atom stereocenters. The average molecular weight is 491 g/mol. The van der Waals surface area contributed by atoms with Crippen LogP contribution in [0.15, 0.2) is 71.2 Å². The van der Waals surface area contributed by atoms with Crippen LogP contribution in [0.2, 0.25) is 0 Å². The van der Waals surface area contributed by atoms with Crippen LogP contribution in [-0.4, -0.2) is 35.8 Å². The van der Waals surface area contributed by atoms with Crippen molar-refractivity contribution in [1.29, 1.82) is 0 Å². The number of ether oxygens (including phenoxy) is 1. The summed E-state index contributed by atoms with van der Waals surface area (Å²) in [5, 5.41) is 0. The van der Waals surface area contributed by atoms with E-state index in [-0.39, 0.29) is 5.91 Å². The fourth-order valence-electron chi connectivity index (χ4n) is 4.42. The van der Waals surface area contributed by atoms with Crippen molar-refractivity contribution in [3.05, 3.63) is 93.5 Å². The maximum absolute atomic E-state index is 13.5. The monoisotopic (exact) mass is 490 g/mol. The zero-order chi connectivity index (χ0) is 22.6. The van der Waals surface area contributed by atoms with Gasteiger partial charge in [-0.05, 0) is 49.4 Å². The summed E-state index contributed by atoms with van der Waals surface area (Å²) in [7, 11) is 1.56. The Morgan fingerprint density at radius 3 is 2.03 bits per heavy atom. The lowest BCUT2D eigenvalue weighted by Crippen LogP contribution is -2.67. The van der Waals surface area contributed by atoms with Gasteiger partial charge in [-0.3, -0.25) is 19.3 Å². The van der Waals surface area contributed by atoms with Crippen molar-refractivity contribution in [2.75, 3.05) is 12.0 Å². The third kappa shape index (κ3) is 2.96. The molecular formula is C25H19BrN2O4. The highest BCUT2D eigenvalue weighted by atomic mass is 79.9. The predicted molar refractivity (Wildman–Crippen MR) is 123 cm³/mol. The topological polar surface area (TPSA) is 66.9 Å². The molecule has 160 valence electrons. The molecule has 0 aromatic heterocycles. The number of carbonyl (C=O) groups excluding carboxylic acids is 3. The molecule has 2 atom stereocenters. The van der Waals surface area contributed by atoms with Crippen LogP contribution in [0.5, 0.6) is 5.75 Å². The van der Waals surface area contributed by atoms with Gasteiger partial charge < -0.3 is 9.64 Å². The van der Waals surface area contributed by atoms with Gasteiger partial charge in [0.1, 0.15) is 11.8 Å². The summed E-state index contributed by atoms with van der Waals surface area (Å²) in [4.78, 5) is 42.5. The number of β-lactam (4-membered cyclic amide) rings is 1. The van der Waals surface area contributed by atoms with E-state index < -0.39 is 23.9 Å². The summed E-state index contributed by atoms with van der Waals surface area (Å²) in [6.45, 7) is 1.97. The molecule has 6 nitrogen and oxygen atoms in total. The van der Waals surface area contributed by atoms with E-state index in [1.807, 2.05) is 43.3 Å². The van der Waals surface area contributed by atoms with Crippen molar-refractivity contribution in [2.24, 2.45) is 0 Å². The molecule has 3 aromatic carbocycles. The molecule has 7 heteroatoms. The largest absolute Gasteiger partial charge is 0.496 e. The van der Waals surface area contributed by atoms with Crippen molar-refractivity contribution in [3.63, 3.8) is 0 Å². The minimum Gasteiger partial charge on any atom is -0.496 e. The lowest BCUT2D eigenvalue weighted by Gasteiger charge is -2.50. The minimum atomic E-state index is -0.966. The maximum Gasteiger partial charge on any atom is 0.262 e. The molecule has 0 radical (unpaired) electrons. The molecule has 2 aliphatic heterocycles. The Bertz CT molecular complexity index is 1240. The molecule has 0 N–H and O–H groups in total. The summed E-state index contributed by atoms with van der Waals surface area (Å²) in [6.07, 6.45) is 0. The first kappa shape index (κ1) is 20.5. The SMILES string of the molecule is COc1ccc(Br)cc1[C@@H]1[C@H](N2C(=O)c3ccccc3C2=O)C(=O)N1c1ccc(C)cc1. The van der Waals surface area contributed by atoms with Gasteiger partial charge in [0.05, 0.1) is 24.3 Å². The van der Waals surface area contributed by atoms with Crippen molar-refractivity contribution in [3.8, 4) is 5.75 Å². The van der Waals surface area contributed by atoms with Gasteiger partial charge in [0, 0.05) is 15.7 Å². The van der Waals surface area contributed by atoms with Gasteiger partial charge in [0.2, 0.25) is 0 Å². The lowest BCUT2D eigenvalue weighted by molar-refractivity contribution is -0.130. The first-order valence-corrected chi connectivity index (χ1v) is 10.9. The third-order valence-corrected chi connectivity index (χ3v) is 6.49. The molecule has 2 heterocycles. The van der Waals surface area contributed by atoms with Gasteiger partial charge in [0.25, 0.3) is 17.7 Å². The molecule has 1 fully saturated rings. The van der Waals surface area contributed by atoms with Gasteiger partial charge in [-0.15, -0.1) is 0 Å². The van der Waals surface area contributed by atoms with Crippen LogP contribution < -0.4 is 9.64 Å². The number of hydrogen-bond donors (Lipinski definition) is 0. The summed E-state index contributed by atoms with van der Waals surface area (Å²) >= 11 is 3.49. The number of amides is 3. The number of rotatable bonds is 4. The van der Waals surface area contributed by atoms with Crippen LogP contribution in [0.25, 0.3) is 0 Å². The van der Waals surface area contributed by atoms with Crippen LogP contribution in [0, 0.1) is 6.92 Å². The van der Waals surface area contributed by atoms with Crippen molar-refractivity contribution < 1.29 is 19.1 Å². The number of methoxy groups -OCH3 is 1. The lowest BCUT2D eigenvalue weighted by atomic mass is 9.85. The Morgan fingerprint density at radius 1 is 0.812 bits per heavy atom. The number of halogens is 1. The van der Waals surface area contributed by atoms with E-state index in [0.29, 0.717) is 28.1 Å². The van der Waals surface area contributed by atoms with Gasteiger partial charge in [-0.2, -0.15) is 0 Å². The predicted octanol–water partition coefficient (Wildman–Crippen LogP) is 4.52. The second kappa shape index (κ2) is 7.60. The number of aryl methyl sites for hydroxylation is 1. The van der Waals surface area contributed by atoms with E-state index in [2.05, 4.69) is 15.9 Å². The van der Waals surface area contributed by atoms with Crippen LogP contribution in [0.1, 0.15) is 37.9 Å². The van der Waals surface area contributed by atoms with Crippen LogP contribution in [-0.2, 0) is 4.79 Å². The third-order valence-electron chi connectivity index (χ3n) is 5.99. The Morgan fingerprint density at radius 2 is 1.44 bits per heavy atom. The fourth-order valence-corrected chi connectivity index (χ4v) is 4.80. The molecule has 2 aliphatic rings. The van der Waals surface area contributed by atoms with E-state index in [1.54, 1.807) is 42.3 Å². The van der Waals surface area contributed by atoms with Crippen LogP contribution in [0.4, 0.5) is 5.69 Å². The molecular weight excluding hydrogens is 472 g/mol. The van der Waals surface area contributed by atoms with Gasteiger partial charge in [-0.1, -0.05) is 45.8 Å². The molecule has 0 spiro atoms. The van der Waals surface area contributed by atoms with Crippen molar-refractivity contribution >= 4 is 39.3 Å². The van der Waals surface area contributed by atoms with E-state index in [1.165, 1.54) is 0 Å². The number of carbonyl (C=O) groups is 3. The second-order valence-electron chi connectivity index (χ2n) is 7.85. The molecule has 5 rings (SSSR count). The number of hydrogen-bond acceptors (Lipinski definition) is 4. The van der Waals surface area contributed by atoms with E-state index in [9.17, 15) is 14.4 Å². The van der Waals surface area contributed by atoms with Crippen LogP contribution in [0.3, 0.4) is 0 Å². The highest BCUT2D eigenvalue weighted by Crippen LogP contribution is 2.47. The Hall–Kier alpha value is -3.45. The maximum atomic E-state index is 13.5. The zero-order valence-corrected chi connectivity index (χ0v) is 19.0. The van der Waals surface area contributed by atoms with E-state index >= 15 is 0 Å². The first-order chi connectivity index (χ1) is 15.4. The summed E-state index contributed by atoms with van der Waals surface area (Å²) < 4.78 is 6.38. The zero-order valence-electron chi connectivity index (χ0n) is 17.4. The van der Waals surface area contributed by atoms with Gasteiger partial charge in [0.15, 0.2) is 0 Å². The standard InChI is InChI=1S/C25H19BrN2O4/c1-14-7-10-16(11-8-14)27-21(19-13-15(26)9-12-20(19)32-2)22(25(27)31)28-23(29)17-5-3-4-6-18(17)24(28)30/h3-13,21-22H,1-2H3/t21-,22+/m1/s1. The number of imide groups is 1.